The summed E-state index contributed by atoms with van der Waals surface area (Å²) in [7, 11) is 0. The number of hydrogen-bond acceptors (Lipinski definition) is 3. The van der Waals surface area contributed by atoms with Crippen molar-refractivity contribution in [2.24, 2.45) is 0 Å². The summed E-state index contributed by atoms with van der Waals surface area (Å²) >= 11 is 3.42. The molecule has 126 valence electrons. The minimum absolute atomic E-state index is 0.0456. The Labute approximate surface area is 150 Å². The molecule has 0 unspecified atom stereocenters. The van der Waals surface area contributed by atoms with Crippen molar-refractivity contribution in [2.45, 2.75) is 6.04 Å². The predicted octanol–water partition coefficient (Wildman–Crippen LogP) is 3.25. The Morgan fingerprint density at radius 1 is 1.12 bits per heavy atom. The highest BCUT2D eigenvalue weighted by molar-refractivity contribution is 9.10. The zero-order chi connectivity index (χ0) is 16.8. The normalized spacial score (nSPS) is 16.5. The highest BCUT2D eigenvalue weighted by atomic mass is 79.9. The van der Waals surface area contributed by atoms with Gasteiger partial charge in [0.25, 0.3) is 5.91 Å². The lowest BCUT2D eigenvalue weighted by molar-refractivity contribution is 0.0332. The van der Waals surface area contributed by atoms with E-state index in [1.807, 2.05) is 42.5 Å². The van der Waals surface area contributed by atoms with Gasteiger partial charge in [-0.1, -0.05) is 52.3 Å². The Bertz CT molecular complexity index is 672. The lowest BCUT2D eigenvalue weighted by Gasteiger charge is -2.31. The molecule has 1 aliphatic rings. The van der Waals surface area contributed by atoms with Gasteiger partial charge in [-0.05, 0) is 23.8 Å². The molecule has 1 amide bonds. The largest absolute Gasteiger partial charge is 0.379 e. The van der Waals surface area contributed by atoms with Gasteiger partial charge in [-0.15, -0.1) is 0 Å². The smallest absolute Gasteiger partial charge is 0.251 e. The average molecular weight is 389 g/mol. The average Bonchev–Trinajstić information content (AvgIpc) is 2.63. The number of carbonyl (C=O) groups excluding carboxylic acids is 1. The van der Waals surface area contributed by atoms with Crippen molar-refractivity contribution in [3.8, 4) is 0 Å². The molecule has 2 aromatic carbocycles. The second kappa shape index (κ2) is 8.42. The standard InChI is InChI=1S/C19H21BrN2O2/c20-17-8-4-7-16(13-17)19(23)21-18(15-5-2-1-3-6-15)14-22-9-11-24-12-10-22/h1-8,13,18H,9-12,14H2,(H,21,23)/t18-/m0/s1. The van der Waals surface area contributed by atoms with Crippen LogP contribution in [0.2, 0.25) is 0 Å². The SMILES string of the molecule is O=C(N[C@@H](CN1CCOCC1)c1ccccc1)c1cccc(Br)c1. The molecular formula is C19H21BrN2O2. The molecule has 1 N–H and O–H groups in total. The number of rotatable bonds is 5. The van der Waals surface area contributed by atoms with Gasteiger partial charge >= 0.3 is 0 Å². The summed E-state index contributed by atoms with van der Waals surface area (Å²) < 4.78 is 6.32. The van der Waals surface area contributed by atoms with Gasteiger partial charge in [-0.2, -0.15) is 0 Å². The van der Waals surface area contributed by atoms with Crippen LogP contribution in [0.4, 0.5) is 0 Å². The van der Waals surface area contributed by atoms with Crippen molar-refractivity contribution in [1.82, 2.24) is 10.2 Å². The van der Waals surface area contributed by atoms with Crippen LogP contribution in [0.25, 0.3) is 0 Å². The first kappa shape index (κ1) is 17.1. The summed E-state index contributed by atoms with van der Waals surface area (Å²) in [6.07, 6.45) is 0. The minimum Gasteiger partial charge on any atom is -0.379 e. The molecule has 0 bridgehead atoms. The maximum Gasteiger partial charge on any atom is 0.251 e. The van der Waals surface area contributed by atoms with E-state index < -0.39 is 0 Å². The fourth-order valence-corrected chi connectivity index (χ4v) is 3.23. The van der Waals surface area contributed by atoms with Crippen molar-refractivity contribution in [3.63, 3.8) is 0 Å². The zero-order valence-corrected chi connectivity index (χ0v) is 15.0. The predicted molar refractivity (Wildman–Crippen MR) is 98.1 cm³/mol. The van der Waals surface area contributed by atoms with Crippen molar-refractivity contribution in [1.29, 1.82) is 0 Å². The Balaban J connectivity index is 1.75. The molecule has 3 rings (SSSR count). The topological polar surface area (TPSA) is 41.6 Å². The quantitative estimate of drug-likeness (QED) is 0.854. The van der Waals surface area contributed by atoms with E-state index in [4.69, 9.17) is 4.74 Å². The zero-order valence-electron chi connectivity index (χ0n) is 13.5. The van der Waals surface area contributed by atoms with E-state index in [0.717, 1.165) is 42.9 Å². The van der Waals surface area contributed by atoms with Crippen LogP contribution in [-0.2, 0) is 4.74 Å². The monoisotopic (exact) mass is 388 g/mol. The molecule has 1 aliphatic heterocycles. The number of hydrogen-bond donors (Lipinski definition) is 1. The first-order chi connectivity index (χ1) is 11.7. The molecule has 2 aromatic rings. The number of carbonyl (C=O) groups is 1. The maximum absolute atomic E-state index is 12.6. The molecule has 1 fully saturated rings. The van der Waals surface area contributed by atoms with Crippen molar-refractivity contribution < 1.29 is 9.53 Å². The molecule has 5 heteroatoms. The molecule has 0 saturated carbocycles. The van der Waals surface area contributed by atoms with Crippen LogP contribution in [0.1, 0.15) is 22.0 Å². The molecule has 0 radical (unpaired) electrons. The van der Waals surface area contributed by atoms with Crippen molar-refractivity contribution in [2.75, 3.05) is 32.8 Å². The Hall–Kier alpha value is -1.69. The van der Waals surface area contributed by atoms with Crippen LogP contribution in [0.3, 0.4) is 0 Å². The summed E-state index contributed by atoms with van der Waals surface area (Å²) in [5.74, 6) is -0.0570. The number of halogens is 1. The first-order valence-electron chi connectivity index (χ1n) is 8.14. The highest BCUT2D eigenvalue weighted by Crippen LogP contribution is 2.17. The van der Waals surface area contributed by atoms with Gasteiger partial charge in [0, 0.05) is 29.7 Å². The number of ether oxygens (including phenoxy) is 1. The van der Waals surface area contributed by atoms with E-state index in [1.165, 1.54) is 0 Å². The summed E-state index contributed by atoms with van der Waals surface area (Å²) in [5, 5.41) is 3.18. The molecule has 0 aromatic heterocycles. The second-order valence-corrected chi connectivity index (χ2v) is 6.78. The summed E-state index contributed by atoms with van der Waals surface area (Å²) in [6, 6.07) is 17.5. The van der Waals surface area contributed by atoms with Gasteiger partial charge in [0.1, 0.15) is 0 Å². The Kier molecular flexibility index (Phi) is 6.01. The molecular weight excluding hydrogens is 368 g/mol. The third-order valence-electron chi connectivity index (χ3n) is 4.14. The summed E-state index contributed by atoms with van der Waals surface area (Å²) in [5.41, 5.74) is 1.78. The van der Waals surface area contributed by atoms with Crippen LogP contribution >= 0.6 is 15.9 Å². The van der Waals surface area contributed by atoms with Crippen molar-refractivity contribution in [3.05, 3.63) is 70.2 Å². The van der Waals surface area contributed by atoms with E-state index in [2.05, 4.69) is 38.3 Å². The van der Waals surface area contributed by atoms with Gasteiger partial charge in [-0.25, -0.2) is 0 Å². The van der Waals surface area contributed by atoms with Crippen LogP contribution in [0.15, 0.2) is 59.1 Å². The third kappa shape index (κ3) is 4.66. The summed E-state index contributed by atoms with van der Waals surface area (Å²) in [6.45, 7) is 4.08. The molecule has 0 spiro atoms. The minimum atomic E-state index is -0.0570. The van der Waals surface area contributed by atoms with Gasteiger partial charge in [0.2, 0.25) is 0 Å². The van der Waals surface area contributed by atoms with Gasteiger partial charge in [-0.3, -0.25) is 9.69 Å². The Morgan fingerprint density at radius 3 is 2.58 bits per heavy atom. The van der Waals surface area contributed by atoms with E-state index in [9.17, 15) is 4.79 Å². The van der Waals surface area contributed by atoms with E-state index in [0.29, 0.717) is 5.56 Å². The number of nitrogens with one attached hydrogen (secondary N) is 1. The van der Waals surface area contributed by atoms with Crippen LogP contribution in [0, 0.1) is 0 Å². The molecule has 4 nitrogen and oxygen atoms in total. The number of amides is 1. The van der Waals surface area contributed by atoms with Crippen LogP contribution in [0.5, 0.6) is 0 Å². The molecule has 24 heavy (non-hydrogen) atoms. The third-order valence-corrected chi connectivity index (χ3v) is 4.63. The van der Waals surface area contributed by atoms with Crippen molar-refractivity contribution >= 4 is 21.8 Å². The molecule has 0 aliphatic carbocycles. The highest BCUT2D eigenvalue weighted by Gasteiger charge is 2.20. The number of nitrogens with zero attached hydrogens (tertiary/aromatic N) is 1. The van der Waals surface area contributed by atoms with Gasteiger partial charge < -0.3 is 10.1 Å². The van der Waals surface area contributed by atoms with E-state index in [1.54, 1.807) is 0 Å². The van der Waals surface area contributed by atoms with Crippen LogP contribution in [-0.4, -0.2) is 43.7 Å². The van der Waals surface area contributed by atoms with Gasteiger partial charge in [0.05, 0.1) is 19.3 Å². The fourth-order valence-electron chi connectivity index (χ4n) is 2.83. The molecule has 1 saturated heterocycles. The number of benzene rings is 2. The lowest BCUT2D eigenvalue weighted by atomic mass is 10.1. The second-order valence-electron chi connectivity index (χ2n) is 5.86. The molecule has 1 heterocycles. The van der Waals surface area contributed by atoms with E-state index >= 15 is 0 Å². The van der Waals surface area contributed by atoms with E-state index in [-0.39, 0.29) is 11.9 Å². The lowest BCUT2D eigenvalue weighted by Crippen LogP contribution is -2.43. The fraction of sp³-hybridized carbons (Fsp3) is 0.316. The maximum atomic E-state index is 12.6. The van der Waals surface area contributed by atoms with Gasteiger partial charge in [0.15, 0.2) is 0 Å². The Morgan fingerprint density at radius 2 is 1.88 bits per heavy atom. The van der Waals surface area contributed by atoms with Crippen LogP contribution < -0.4 is 5.32 Å². The summed E-state index contributed by atoms with van der Waals surface area (Å²) in [4.78, 5) is 15.0. The molecule has 1 atom stereocenters. The first-order valence-corrected chi connectivity index (χ1v) is 8.93. The number of morpholine rings is 1.